The van der Waals surface area contributed by atoms with Gasteiger partial charge in [0.2, 0.25) is 0 Å². The van der Waals surface area contributed by atoms with Crippen LogP contribution in [0.2, 0.25) is 5.02 Å². The zero-order valence-corrected chi connectivity index (χ0v) is 16.4. The fraction of sp³-hybridized carbons (Fsp3) is 0.333. The summed E-state index contributed by atoms with van der Waals surface area (Å²) < 4.78 is 5.41. The lowest BCUT2D eigenvalue weighted by atomic mass is 9.92. The highest BCUT2D eigenvalue weighted by Crippen LogP contribution is 2.24. The van der Waals surface area contributed by atoms with Crippen molar-refractivity contribution in [3.8, 4) is 5.75 Å². The van der Waals surface area contributed by atoms with E-state index in [-0.39, 0.29) is 6.09 Å². The van der Waals surface area contributed by atoms with Crippen molar-refractivity contribution in [1.29, 1.82) is 0 Å². The molecule has 1 aromatic carbocycles. The maximum Gasteiger partial charge on any atom is 0.415 e. The number of amidine groups is 1. The van der Waals surface area contributed by atoms with Crippen LogP contribution in [0.15, 0.2) is 52.6 Å². The summed E-state index contributed by atoms with van der Waals surface area (Å²) in [6, 6.07) is 11.2. The number of rotatable bonds is 3. The fourth-order valence-electron chi connectivity index (χ4n) is 3.44. The number of likely N-dealkylation sites (tertiary alicyclic amines) is 1. The fourth-order valence-corrected chi connectivity index (χ4v) is 3.63. The van der Waals surface area contributed by atoms with E-state index in [0.29, 0.717) is 36.3 Å². The molecule has 3 heterocycles. The van der Waals surface area contributed by atoms with E-state index < -0.39 is 0 Å². The molecule has 6 nitrogen and oxygen atoms in total. The van der Waals surface area contributed by atoms with Crippen molar-refractivity contribution in [2.75, 3.05) is 19.6 Å². The van der Waals surface area contributed by atoms with Gasteiger partial charge in [0.1, 0.15) is 0 Å². The first-order valence-electron chi connectivity index (χ1n) is 9.36. The number of aliphatic imine (C=N–C) groups is 2. The summed E-state index contributed by atoms with van der Waals surface area (Å²) in [6.07, 6.45) is 2.96. The second-order valence-electron chi connectivity index (χ2n) is 7.02. The Bertz CT molecular complexity index is 932. The standard InChI is InChI=1S/C21H21ClN4O2/c1-14-5-6-18(12-23-14)28-21(27)26-9-7-15(8-10-26)19-13-24-20(25-19)16-3-2-4-17(22)11-16/h2-6,11-12,15H,7-10,13H2,1H3. The summed E-state index contributed by atoms with van der Waals surface area (Å²) in [5.74, 6) is 1.55. The molecular weight excluding hydrogens is 376 g/mol. The van der Waals surface area contributed by atoms with Gasteiger partial charge in [-0.1, -0.05) is 23.7 Å². The molecule has 1 aromatic heterocycles. The van der Waals surface area contributed by atoms with Crippen LogP contribution in [-0.4, -0.2) is 47.2 Å². The third-order valence-corrected chi connectivity index (χ3v) is 5.27. The molecule has 0 N–H and O–H groups in total. The van der Waals surface area contributed by atoms with Crippen molar-refractivity contribution >= 4 is 29.2 Å². The van der Waals surface area contributed by atoms with Crippen molar-refractivity contribution < 1.29 is 9.53 Å². The van der Waals surface area contributed by atoms with Crippen LogP contribution in [0.3, 0.4) is 0 Å². The van der Waals surface area contributed by atoms with Gasteiger partial charge in [-0.25, -0.2) is 9.79 Å². The molecule has 0 spiro atoms. The highest BCUT2D eigenvalue weighted by molar-refractivity contribution is 6.31. The summed E-state index contributed by atoms with van der Waals surface area (Å²) in [4.78, 5) is 27.5. The molecule has 2 aromatic rings. The largest absolute Gasteiger partial charge is 0.415 e. The number of benzene rings is 1. The molecule has 2 aliphatic heterocycles. The summed E-state index contributed by atoms with van der Waals surface area (Å²) in [5.41, 5.74) is 2.92. The number of halogens is 1. The van der Waals surface area contributed by atoms with E-state index in [4.69, 9.17) is 21.3 Å². The van der Waals surface area contributed by atoms with E-state index in [1.807, 2.05) is 37.3 Å². The molecule has 1 saturated heterocycles. The molecule has 7 heteroatoms. The molecule has 0 aliphatic carbocycles. The Morgan fingerprint density at radius 2 is 2.04 bits per heavy atom. The number of hydrogen-bond acceptors (Lipinski definition) is 5. The van der Waals surface area contributed by atoms with Crippen molar-refractivity contribution in [1.82, 2.24) is 9.88 Å². The molecule has 0 atom stereocenters. The topological polar surface area (TPSA) is 67.2 Å². The van der Waals surface area contributed by atoms with E-state index in [0.717, 1.165) is 35.6 Å². The number of pyridine rings is 1. The number of piperidine rings is 1. The lowest BCUT2D eigenvalue weighted by molar-refractivity contribution is 0.137. The second-order valence-corrected chi connectivity index (χ2v) is 7.45. The molecule has 1 amide bonds. The summed E-state index contributed by atoms with van der Waals surface area (Å²) in [5, 5.41) is 0.680. The molecule has 1 fully saturated rings. The van der Waals surface area contributed by atoms with Crippen LogP contribution in [0.1, 0.15) is 24.1 Å². The first-order valence-corrected chi connectivity index (χ1v) is 9.73. The van der Waals surface area contributed by atoms with Crippen molar-refractivity contribution in [3.63, 3.8) is 0 Å². The number of nitrogens with zero attached hydrogens (tertiary/aromatic N) is 4. The van der Waals surface area contributed by atoms with Gasteiger partial charge >= 0.3 is 6.09 Å². The van der Waals surface area contributed by atoms with Crippen LogP contribution in [0.4, 0.5) is 4.79 Å². The number of carbonyl (C=O) groups excluding carboxylic acids is 1. The molecule has 0 saturated carbocycles. The van der Waals surface area contributed by atoms with Gasteiger partial charge in [0, 0.05) is 41.0 Å². The van der Waals surface area contributed by atoms with Gasteiger partial charge in [-0.2, -0.15) is 0 Å². The monoisotopic (exact) mass is 396 g/mol. The Labute approximate surface area is 168 Å². The highest BCUT2D eigenvalue weighted by atomic mass is 35.5. The zero-order valence-electron chi connectivity index (χ0n) is 15.6. The highest BCUT2D eigenvalue weighted by Gasteiger charge is 2.28. The van der Waals surface area contributed by atoms with Crippen molar-refractivity contribution in [3.05, 3.63) is 58.9 Å². The molecular formula is C21H21ClN4O2. The van der Waals surface area contributed by atoms with Crippen molar-refractivity contribution in [2.45, 2.75) is 19.8 Å². The number of carbonyl (C=O) groups is 1. The second kappa shape index (κ2) is 8.10. The minimum atomic E-state index is -0.326. The van der Waals surface area contributed by atoms with Crippen molar-refractivity contribution in [2.24, 2.45) is 15.9 Å². The number of amides is 1. The smallest absolute Gasteiger partial charge is 0.409 e. The van der Waals surface area contributed by atoms with Crippen LogP contribution < -0.4 is 4.74 Å². The lowest BCUT2D eigenvalue weighted by Gasteiger charge is -2.31. The summed E-state index contributed by atoms with van der Waals surface area (Å²) in [6.45, 7) is 3.80. The Kier molecular flexibility index (Phi) is 5.39. The minimum Gasteiger partial charge on any atom is -0.409 e. The van der Waals surface area contributed by atoms with Gasteiger partial charge in [-0.3, -0.25) is 9.98 Å². The van der Waals surface area contributed by atoms with Gasteiger partial charge in [-0.05, 0) is 44.0 Å². The zero-order chi connectivity index (χ0) is 19.5. The molecule has 0 unspecified atom stereocenters. The summed E-state index contributed by atoms with van der Waals surface area (Å²) in [7, 11) is 0. The Hall–Kier alpha value is -2.73. The van der Waals surface area contributed by atoms with Gasteiger partial charge in [0.15, 0.2) is 11.6 Å². The minimum absolute atomic E-state index is 0.326. The van der Waals surface area contributed by atoms with E-state index in [2.05, 4.69) is 9.98 Å². The molecule has 2 aliphatic rings. The van der Waals surface area contributed by atoms with E-state index in [1.165, 1.54) is 0 Å². The number of hydrogen-bond donors (Lipinski definition) is 0. The number of ether oxygens (including phenoxy) is 1. The van der Waals surface area contributed by atoms with Crippen LogP contribution in [0.5, 0.6) is 5.75 Å². The molecule has 28 heavy (non-hydrogen) atoms. The molecule has 4 rings (SSSR count). The maximum absolute atomic E-state index is 12.4. The Balaban J connectivity index is 1.32. The predicted octanol–water partition coefficient (Wildman–Crippen LogP) is 4.16. The lowest BCUT2D eigenvalue weighted by Crippen LogP contribution is -2.41. The van der Waals surface area contributed by atoms with E-state index >= 15 is 0 Å². The predicted molar refractivity (Wildman–Crippen MR) is 110 cm³/mol. The van der Waals surface area contributed by atoms with Crippen LogP contribution in [-0.2, 0) is 0 Å². The van der Waals surface area contributed by atoms with Crippen LogP contribution in [0.25, 0.3) is 0 Å². The van der Waals surface area contributed by atoms with Gasteiger partial charge in [0.05, 0.1) is 12.7 Å². The summed E-state index contributed by atoms with van der Waals surface area (Å²) >= 11 is 6.06. The number of aromatic nitrogens is 1. The molecule has 0 bridgehead atoms. The van der Waals surface area contributed by atoms with E-state index in [9.17, 15) is 4.79 Å². The van der Waals surface area contributed by atoms with Crippen LogP contribution in [0, 0.1) is 12.8 Å². The van der Waals surface area contributed by atoms with Gasteiger partial charge in [0.25, 0.3) is 0 Å². The molecule has 144 valence electrons. The van der Waals surface area contributed by atoms with E-state index in [1.54, 1.807) is 17.2 Å². The average Bonchev–Trinajstić information content (AvgIpc) is 3.20. The molecule has 0 radical (unpaired) electrons. The average molecular weight is 397 g/mol. The van der Waals surface area contributed by atoms with Crippen LogP contribution >= 0.6 is 11.6 Å². The Morgan fingerprint density at radius 1 is 1.21 bits per heavy atom. The maximum atomic E-state index is 12.4. The van der Waals surface area contributed by atoms with Gasteiger partial charge in [-0.15, -0.1) is 0 Å². The third kappa shape index (κ3) is 4.22. The van der Waals surface area contributed by atoms with Gasteiger partial charge < -0.3 is 9.64 Å². The Morgan fingerprint density at radius 3 is 2.75 bits per heavy atom. The normalized spacial score (nSPS) is 17.3. The third-order valence-electron chi connectivity index (χ3n) is 5.04. The number of aryl methyl sites for hydroxylation is 1. The quantitative estimate of drug-likeness (QED) is 0.782. The first-order chi connectivity index (χ1) is 13.6. The SMILES string of the molecule is Cc1ccc(OC(=O)N2CCC(C3=NC(c4cccc(Cl)c4)=NC3)CC2)cn1. The first kappa shape index (κ1) is 18.6.